The van der Waals surface area contributed by atoms with Gasteiger partial charge in [0.25, 0.3) is 5.91 Å². The molecule has 1 aromatic rings. The molecule has 0 radical (unpaired) electrons. The van der Waals surface area contributed by atoms with Gasteiger partial charge >= 0.3 is 0 Å². The van der Waals surface area contributed by atoms with E-state index in [0.717, 1.165) is 11.3 Å². The van der Waals surface area contributed by atoms with Crippen LogP contribution in [0.5, 0.6) is 0 Å². The minimum Gasteiger partial charge on any atom is -0.374 e. The van der Waals surface area contributed by atoms with Gasteiger partial charge in [0.2, 0.25) is 16.0 Å². The van der Waals surface area contributed by atoms with Crippen molar-refractivity contribution in [2.24, 2.45) is 5.73 Å². The van der Waals surface area contributed by atoms with Crippen molar-refractivity contribution in [3.05, 3.63) is 5.01 Å². The molecule has 1 aromatic heterocycles. The Morgan fingerprint density at radius 3 is 2.67 bits per heavy atom. The zero-order valence-corrected chi connectivity index (χ0v) is 8.71. The van der Waals surface area contributed by atoms with Crippen LogP contribution in [0.2, 0.25) is 0 Å². The van der Waals surface area contributed by atoms with Gasteiger partial charge in [-0.15, -0.1) is 10.2 Å². The third-order valence-corrected chi connectivity index (χ3v) is 2.27. The van der Waals surface area contributed by atoms with Crippen molar-refractivity contribution >= 4 is 28.3 Å². The van der Waals surface area contributed by atoms with E-state index in [4.69, 9.17) is 11.5 Å². The summed E-state index contributed by atoms with van der Waals surface area (Å²) in [6, 6.07) is 0. The fraction of sp³-hybridized carbons (Fsp3) is 0.429. The number of nitrogens with two attached hydrogens (primary N) is 2. The number of carbonyl (C=O) groups is 2. The molecule has 8 heteroatoms. The van der Waals surface area contributed by atoms with Gasteiger partial charge in [-0.3, -0.25) is 9.59 Å². The van der Waals surface area contributed by atoms with Crippen LogP contribution in [0.15, 0.2) is 0 Å². The number of aromatic nitrogens is 2. The first-order valence-electron chi connectivity index (χ1n) is 4.25. The van der Waals surface area contributed by atoms with Crippen LogP contribution in [0.4, 0.5) is 5.13 Å². The van der Waals surface area contributed by atoms with Crippen LogP contribution in [-0.2, 0) is 4.79 Å². The van der Waals surface area contributed by atoms with Crippen LogP contribution in [0.1, 0.15) is 22.6 Å². The smallest absolute Gasteiger partial charge is 0.282 e. The topological polar surface area (TPSA) is 124 Å². The molecule has 7 nitrogen and oxygen atoms in total. The van der Waals surface area contributed by atoms with Crippen LogP contribution in [0.25, 0.3) is 0 Å². The first kappa shape index (κ1) is 11.4. The lowest BCUT2D eigenvalue weighted by Gasteiger charge is -2.00. The molecule has 15 heavy (non-hydrogen) atoms. The average molecular weight is 229 g/mol. The zero-order chi connectivity index (χ0) is 11.3. The van der Waals surface area contributed by atoms with E-state index in [2.05, 4.69) is 15.5 Å². The molecule has 1 rings (SSSR count). The van der Waals surface area contributed by atoms with Crippen molar-refractivity contribution in [1.82, 2.24) is 15.5 Å². The summed E-state index contributed by atoms with van der Waals surface area (Å²) in [5, 5.41) is 10.1. The fourth-order valence-corrected chi connectivity index (χ4v) is 1.39. The second-order valence-electron chi connectivity index (χ2n) is 2.77. The molecule has 0 fully saturated rings. The minimum absolute atomic E-state index is 0.214. The highest BCUT2D eigenvalue weighted by Crippen LogP contribution is 2.10. The highest BCUT2D eigenvalue weighted by Gasteiger charge is 2.10. The molecular weight excluding hydrogens is 218 g/mol. The Labute approximate surface area is 89.9 Å². The average Bonchev–Trinajstić information content (AvgIpc) is 2.59. The van der Waals surface area contributed by atoms with Crippen LogP contribution >= 0.6 is 11.3 Å². The highest BCUT2D eigenvalue weighted by molar-refractivity contribution is 7.16. The van der Waals surface area contributed by atoms with Crippen LogP contribution in [0, 0.1) is 0 Å². The molecule has 82 valence electrons. The second kappa shape index (κ2) is 5.25. The van der Waals surface area contributed by atoms with E-state index in [0.29, 0.717) is 13.0 Å². The Balaban J connectivity index is 2.28. The van der Waals surface area contributed by atoms with E-state index in [-0.39, 0.29) is 28.4 Å². The summed E-state index contributed by atoms with van der Waals surface area (Å²) < 4.78 is 0. The maximum Gasteiger partial charge on any atom is 0.282 e. The molecule has 1 heterocycles. The van der Waals surface area contributed by atoms with Crippen LogP contribution in [0.3, 0.4) is 0 Å². The number of rotatable bonds is 5. The molecule has 2 amide bonds. The first-order valence-corrected chi connectivity index (χ1v) is 5.06. The van der Waals surface area contributed by atoms with Crippen molar-refractivity contribution in [2.45, 2.75) is 12.8 Å². The summed E-state index contributed by atoms with van der Waals surface area (Å²) >= 11 is 1.01. The number of nitrogen functional groups attached to an aromatic ring is 1. The SMILES string of the molecule is NC(=O)CCCNC(=O)c1nnc(N)s1. The summed E-state index contributed by atoms with van der Waals surface area (Å²) in [4.78, 5) is 21.7. The van der Waals surface area contributed by atoms with Crippen molar-refractivity contribution in [1.29, 1.82) is 0 Å². The molecule has 0 unspecified atom stereocenters. The summed E-state index contributed by atoms with van der Waals surface area (Å²) in [7, 11) is 0. The van der Waals surface area contributed by atoms with Crippen molar-refractivity contribution in [2.75, 3.05) is 12.3 Å². The molecule has 0 atom stereocenters. The van der Waals surface area contributed by atoms with Crippen molar-refractivity contribution < 1.29 is 9.59 Å². The van der Waals surface area contributed by atoms with Gasteiger partial charge < -0.3 is 16.8 Å². The van der Waals surface area contributed by atoms with Crippen molar-refractivity contribution in [3.8, 4) is 0 Å². The first-order chi connectivity index (χ1) is 7.09. The molecule has 0 aliphatic rings. The summed E-state index contributed by atoms with van der Waals surface area (Å²) in [5.41, 5.74) is 10.2. The Morgan fingerprint density at radius 2 is 2.13 bits per heavy atom. The monoisotopic (exact) mass is 229 g/mol. The van der Waals surface area contributed by atoms with Gasteiger partial charge in [-0.1, -0.05) is 11.3 Å². The number of primary amides is 1. The molecule has 0 spiro atoms. The number of carbonyl (C=O) groups excluding carboxylic acids is 2. The predicted molar refractivity (Wildman–Crippen MR) is 55.1 cm³/mol. The Bertz CT molecular complexity index is 364. The van der Waals surface area contributed by atoms with Crippen molar-refractivity contribution in [3.63, 3.8) is 0 Å². The normalized spacial score (nSPS) is 9.87. The maximum absolute atomic E-state index is 11.3. The van der Waals surface area contributed by atoms with Gasteiger partial charge in [0, 0.05) is 13.0 Å². The molecule has 0 aromatic carbocycles. The van der Waals surface area contributed by atoms with E-state index in [1.807, 2.05) is 0 Å². The number of anilines is 1. The highest BCUT2D eigenvalue weighted by atomic mass is 32.1. The van der Waals surface area contributed by atoms with Crippen LogP contribution < -0.4 is 16.8 Å². The van der Waals surface area contributed by atoms with Gasteiger partial charge in [0.05, 0.1) is 0 Å². The minimum atomic E-state index is -0.385. The van der Waals surface area contributed by atoms with Gasteiger partial charge in [0.1, 0.15) is 0 Å². The van der Waals surface area contributed by atoms with Gasteiger partial charge in [-0.25, -0.2) is 0 Å². The Hall–Kier alpha value is -1.70. The Morgan fingerprint density at radius 1 is 1.40 bits per heavy atom. The summed E-state index contributed by atoms with van der Waals surface area (Å²) in [5.74, 6) is -0.724. The maximum atomic E-state index is 11.3. The standard InChI is InChI=1S/C7H11N5O2S/c8-4(13)2-1-3-10-5(14)6-11-12-7(9)15-6/h1-3H2,(H2,8,13)(H2,9,12)(H,10,14). The molecule has 0 aliphatic heterocycles. The second-order valence-corrected chi connectivity index (χ2v) is 3.78. The van der Waals surface area contributed by atoms with E-state index >= 15 is 0 Å². The van der Waals surface area contributed by atoms with E-state index in [9.17, 15) is 9.59 Å². The number of nitrogens with zero attached hydrogens (tertiary/aromatic N) is 2. The third kappa shape index (κ3) is 3.90. The molecule has 0 saturated carbocycles. The Kier molecular flexibility index (Phi) is 3.98. The van der Waals surface area contributed by atoms with E-state index in [1.54, 1.807) is 0 Å². The number of hydrogen-bond acceptors (Lipinski definition) is 6. The molecule has 0 bridgehead atoms. The lowest BCUT2D eigenvalue weighted by molar-refractivity contribution is -0.118. The quantitative estimate of drug-likeness (QED) is 0.565. The molecule has 0 saturated heterocycles. The van der Waals surface area contributed by atoms with Gasteiger partial charge in [0.15, 0.2) is 0 Å². The lowest BCUT2D eigenvalue weighted by Crippen LogP contribution is -2.25. The third-order valence-electron chi connectivity index (χ3n) is 1.52. The number of nitrogens with one attached hydrogen (secondary N) is 1. The summed E-state index contributed by atoms with van der Waals surface area (Å²) in [6.45, 7) is 0.376. The number of amides is 2. The molecule has 5 N–H and O–H groups in total. The predicted octanol–water partition coefficient (Wildman–Crippen LogP) is -0.884. The molecule has 0 aliphatic carbocycles. The molecular formula is C7H11N5O2S. The number of hydrogen-bond donors (Lipinski definition) is 3. The summed E-state index contributed by atoms with van der Waals surface area (Å²) in [6.07, 6.45) is 0.758. The largest absolute Gasteiger partial charge is 0.374 e. The fourth-order valence-electron chi connectivity index (χ4n) is 0.866. The van der Waals surface area contributed by atoms with Gasteiger partial charge in [-0.2, -0.15) is 0 Å². The van der Waals surface area contributed by atoms with Gasteiger partial charge in [-0.05, 0) is 6.42 Å². The van der Waals surface area contributed by atoms with E-state index in [1.165, 1.54) is 0 Å². The zero-order valence-electron chi connectivity index (χ0n) is 7.90. The van der Waals surface area contributed by atoms with E-state index < -0.39 is 0 Å². The van der Waals surface area contributed by atoms with Crippen LogP contribution in [-0.4, -0.2) is 28.6 Å². The lowest BCUT2D eigenvalue weighted by atomic mass is 10.3.